The first-order valence-corrected chi connectivity index (χ1v) is 4.21. The van der Waals surface area contributed by atoms with Gasteiger partial charge in [-0.1, -0.05) is 6.42 Å². The molecule has 0 radical (unpaired) electrons. The van der Waals surface area contributed by atoms with E-state index in [4.69, 9.17) is 0 Å². The van der Waals surface area contributed by atoms with Crippen LogP contribution in [0.5, 0.6) is 0 Å². The van der Waals surface area contributed by atoms with Crippen molar-refractivity contribution in [3.8, 4) is 0 Å². The molecule has 0 aliphatic carbocycles. The zero-order valence-corrected chi connectivity index (χ0v) is 6.79. The molecule has 1 fully saturated rings. The Morgan fingerprint density at radius 2 is 2.00 bits per heavy atom. The molecule has 1 saturated heterocycles. The standard InChI is InChI=1S/C8H15NO2/c10-8-11-7-6-9-4-2-1-3-5-9/h8H,1-7H2. The van der Waals surface area contributed by atoms with Crippen LogP contribution in [0.15, 0.2) is 0 Å². The lowest BCUT2D eigenvalue weighted by Crippen LogP contribution is -2.32. The Kier molecular flexibility index (Phi) is 3.98. The van der Waals surface area contributed by atoms with Crippen molar-refractivity contribution in [3.63, 3.8) is 0 Å². The summed E-state index contributed by atoms with van der Waals surface area (Å²) in [6, 6.07) is 0. The molecule has 0 atom stereocenters. The van der Waals surface area contributed by atoms with E-state index in [1.807, 2.05) is 0 Å². The number of hydrogen-bond donors (Lipinski definition) is 0. The van der Waals surface area contributed by atoms with E-state index in [9.17, 15) is 4.79 Å². The Balaban J connectivity index is 2.00. The molecule has 0 N–H and O–H groups in total. The van der Waals surface area contributed by atoms with Crippen molar-refractivity contribution in [1.82, 2.24) is 4.90 Å². The summed E-state index contributed by atoms with van der Waals surface area (Å²) in [5.74, 6) is 0. The van der Waals surface area contributed by atoms with Gasteiger partial charge in [0.15, 0.2) is 0 Å². The van der Waals surface area contributed by atoms with Crippen LogP contribution in [-0.2, 0) is 9.53 Å². The number of carbonyl (C=O) groups is 1. The highest BCUT2D eigenvalue weighted by Gasteiger charge is 2.08. The van der Waals surface area contributed by atoms with E-state index in [2.05, 4.69) is 9.64 Å². The number of carbonyl (C=O) groups excluding carboxylic acids is 1. The minimum atomic E-state index is 0.518. The first kappa shape index (κ1) is 8.53. The molecule has 0 aromatic heterocycles. The highest BCUT2D eigenvalue weighted by molar-refractivity contribution is 5.36. The Hall–Kier alpha value is -0.570. The van der Waals surface area contributed by atoms with Gasteiger partial charge in [-0.25, -0.2) is 0 Å². The average molecular weight is 157 g/mol. The predicted molar refractivity (Wildman–Crippen MR) is 42.3 cm³/mol. The summed E-state index contributed by atoms with van der Waals surface area (Å²) in [7, 11) is 0. The van der Waals surface area contributed by atoms with Crippen LogP contribution in [0.25, 0.3) is 0 Å². The molecule has 0 saturated carbocycles. The fourth-order valence-corrected chi connectivity index (χ4v) is 1.41. The normalized spacial score (nSPS) is 19.6. The van der Waals surface area contributed by atoms with Crippen molar-refractivity contribution >= 4 is 6.47 Å². The van der Waals surface area contributed by atoms with Crippen LogP contribution in [-0.4, -0.2) is 37.6 Å². The summed E-state index contributed by atoms with van der Waals surface area (Å²) in [6.07, 6.45) is 3.94. The molecule has 3 nitrogen and oxygen atoms in total. The fourth-order valence-electron chi connectivity index (χ4n) is 1.41. The largest absolute Gasteiger partial charge is 0.467 e. The number of ether oxygens (including phenoxy) is 1. The minimum absolute atomic E-state index is 0.518. The maximum Gasteiger partial charge on any atom is 0.293 e. The molecule has 3 heteroatoms. The first-order chi connectivity index (χ1) is 5.43. The monoisotopic (exact) mass is 157 g/mol. The quantitative estimate of drug-likeness (QED) is 0.443. The van der Waals surface area contributed by atoms with Crippen molar-refractivity contribution in [2.45, 2.75) is 19.3 Å². The van der Waals surface area contributed by atoms with E-state index in [0.717, 1.165) is 6.54 Å². The molecule has 0 bridgehead atoms. The van der Waals surface area contributed by atoms with Crippen molar-refractivity contribution < 1.29 is 9.53 Å². The number of likely N-dealkylation sites (tertiary alicyclic amines) is 1. The van der Waals surface area contributed by atoms with E-state index in [-0.39, 0.29) is 0 Å². The van der Waals surface area contributed by atoms with Gasteiger partial charge in [0.25, 0.3) is 6.47 Å². The van der Waals surface area contributed by atoms with Crippen LogP contribution in [0.3, 0.4) is 0 Å². The van der Waals surface area contributed by atoms with Crippen molar-refractivity contribution in [3.05, 3.63) is 0 Å². The molecule has 1 aliphatic heterocycles. The SMILES string of the molecule is O=COCCN1CCCCC1. The number of piperidine rings is 1. The van der Waals surface area contributed by atoms with E-state index in [1.165, 1.54) is 32.4 Å². The lowest BCUT2D eigenvalue weighted by Gasteiger charge is -2.25. The van der Waals surface area contributed by atoms with Crippen LogP contribution in [0.2, 0.25) is 0 Å². The Labute approximate surface area is 67.3 Å². The predicted octanol–water partition coefficient (Wildman–Crippen LogP) is 0.645. The summed E-state index contributed by atoms with van der Waals surface area (Å²) >= 11 is 0. The molecule has 0 spiro atoms. The Morgan fingerprint density at radius 1 is 1.27 bits per heavy atom. The molecular formula is C8H15NO2. The van der Waals surface area contributed by atoms with Gasteiger partial charge in [0.2, 0.25) is 0 Å². The highest BCUT2D eigenvalue weighted by atomic mass is 16.5. The van der Waals surface area contributed by atoms with Gasteiger partial charge >= 0.3 is 0 Å². The van der Waals surface area contributed by atoms with Crippen LogP contribution in [0.4, 0.5) is 0 Å². The van der Waals surface area contributed by atoms with Crippen LogP contribution in [0, 0.1) is 0 Å². The van der Waals surface area contributed by atoms with Gasteiger partial charge in [-0.3, -0.25) is 9.69 Å². The lowest BCUT2D eigenvalue weighted by atomic mass is 10.1. The second-order valence-corrected chi connectivity index (χ2v) is 2.87. The first-order valence-electron chi connectivity index (χ1n) is 4.21. The Bertz CT molecular complexity index is 111. The number of nitrogens with zero attached hydrogens (tertiary/aromatic N) is 1. The summed E-state index contributed by atoms with van der Waals surface area (Å²) in [5, 5.41) is 0. The fraction of sp³-hybridized carbons (Fsp3) is 0.875. The third kappa shape index (κ3) is 3.37. The van der Waals surface area contributed by atoms with Crippen molar-refractivity contribution in [2.75, 3.05) is 26.2 Å². The van der Waals surface area contributed by atoms with Crippen molar-refractivity contribution in [2.24, 2.45) is 0 Å². The number of rotatable bonds is 4. The smallest absolute Gasteiger partial charge is 0.293 e. The van der Waals surface area contributed by atoms with E-state index < -0.39 is 0 Å². The van der Waals surface area contributed by atoms with Gasteiger partial charge in [0, 0.05) is 6.54 Å². The molecule has 0 aromatic carbocycles. The highest BCUT2D eigenvalue weighted by Crippen LogP contribution is 2.07. The van der Waals surface area contributed by atoms with Crippen molar-refractivity contribution in [1.29, 1.82) is 0 Å². The molecular weight excluding hydrogens is 142 g/mol. The lowest BCUT2D eigenvalue weighted by molar-refractivity contribution is -0.129. The molecule has 11 heavy (non-hydrogen) atoms. The Morgan fingerprint density at radius 3 is 2.64 bits per heavy atom. The van der Waals surface area contributed by atoms with Gasteiger partial charge in [-0.05, 0) is 25.9 Å². The van der Waals surface area contributed by atoms with Gasteiger partial charge in [-0.2, -0.15) is 0 Å². The zero-order chi connectivity index (χ0) is 7.94. The molecule has 0 unspecified atom stereocenters. The second kappa shape index (κ2) is 5.13. The average Bonchev–Trinajstić information content (AvgIpc) is 2.07. The molecule has 1 rings (SSSR count). The van der Waals surface area contributed by atoms with Gasteiger partial charge in [0.05, 0.1) is 0 Å². The third-order valence-corrected chi connectivity index (χ3v) is 2.04. The van der Waals surface area contributed by atoms with Gasteiger partial charge < -0.3 is 4.74 Å². The molecule has 1 heterocycles. The molecule has 0 amide bonds. The maximum absolute atomic E-state index is 9.81. The van der Waals surface area contributed by atoms with Crippen LogP contribution < -0.4 is 0 Å². The topological polar surface area (TPSA) is 29.5 Å². The van der Waals surface area contributed by atoms with E-state index in [1.54, 1.807) is 0 Å². The van der Waals surface area contributed by atoms with Gasteiger partial charge in [-0.15, -0.1) is 0 Å². The van der Waals surface area contributed by atoms with Gasteiger partial charge in [0.1, 0.15) is 6.61 Å². The van der Waals surface area contributed by atoms with E-state index in [0.29, 0.717) is 13.1 Å². The van der Waals surface area contributed by atoms with E-state index >= 15 is 0 Å². The zero-order valence-electron chi connectivity index (χ0n) is 6.79. The molecule has 0 aromatic rings. The maximum atomic E-state index is 9.81. The third-order valence-electron chi connectivity index (χ3n) is 2.04. The summed E-state index contributed by atoms with van der Waals surface area (Å²) < 4.78 is 4.61. The van der Waals surface area contributed by atoms with Crippen LogP contribution >= 0.6 is 0 Å². The molecule has 1 aliphatic rings. The second-order valence-electron chi connectivity index (χ2n) is 2.87. The summed E-state index contributed by atoms with van der Waals surface area (Å²) in [5.41, 5.74) is 0. The minimum Gasteiger partial charge on any atom is -0.467 e. The number of hydrogen-bond acceptors (Lipinski definition) is 3. The summed E-state index contributed by atoms with van der Waals surface area (Å²) in [6.45, 7) is 4.30. The van der Waals surface area contributed by atoms with Crippen LogP contribution in [0.1, 0.15) is 19.3 Å². The summed E-state index contributed by atoms with van der Waals surface area (Å²) in [4.78, 5) is 12.1. The molecule has 64 valence electrons.